The summed E-state index contributed by atoms with van der Waals surface area (Å²) in [7, 11) is 0.782. The Labute approximate surface area is 218 Å². The predicted molar refractivity (Wildman–Crippen MR) is 129 cm³/mol. The number of benzene rings is 2. The lowest BCUT2D eigenvalue weighted by Gasteiger charge is -2.41. The van der Waals surface area contributed by atoms with Crippen molar-refractivity contribution in [2.24, 2.45) is 0 Å². The minimum Gasteiger partial charge on any atom is -0.464 e. The maximum Gasteiger partial charge on any atom is 0.432 e. The fourth-order valence-corrected chi connectivity index (χ4v) is 4.46. The zero-order chi connectivity index (χ0) is 27.8. The van der Waals surface area contributed by atoms with E-state index in [0.717, 1.165) is 24.8 Å². The van der Waals surface area contributed by atoms with Gasteiger partial charge in [0.05, 0.1) is 12.1 Å². The number of piperidine rings is 1. The maximum absolute atomic E-state index is 14.2. The Morgan fingerprint density at radius 3 is 1.95 bits per heavy atom. The van der Waals surface area contributed by atoms with Gasteiger partial charge in [-0.3, -0.25) is 9.69 Å². The summed E-state index contributed by atoms with van der Waals surface area (Å²) in [5.74, 6) is -2.20. The number of ether oxygens (including phenoxy) is 4. The zero-order valence-electron chi connectivity index (χ0n) is 21.1. The predicted octanol–water partition coefficient (Wildman–Crippen LogP) is 4.76. The molecule has 0 aliphatic carbocycles. The SMILES string of the molecule is COC(C(=O)OC[C@@H]1CCC[C@H](COC(C)=O)N1C(=O)OCc1ccccc1)(c1ccccc1)C(F)(F)F. The van der Waals surface area contributed by atoms with Crippen LogP contribution in [0.5, 0.6) is 0 Å². The van der Waals surface area contributed by atoms with Crippen LogP contribution < -0.4 is 0 Å². The van der Waals surface area contributed by atoms with Gasteiger partial charge in [0.15, 0.2) is 0 Å². The van der Waals surface area contributed by atoms with E-state index in [1.165, 1.54) is 30.0 Å². The highest BCUT2D eigenvalue weighted by molar-refractivity contribution is 5.82. The van der Waals surface area contributed by atoms with Crippen LogP contribution in [0.15, 0.2) is 60.7 Å². The molecule has 11 heteroatoms. The Morgan fingerprint density at radius 2 is 1.42 bits per heavy atom. The van der Waals surface area contributed by atoms with E-state index >= 15 is 0 Å². The van der Waals surface area contributed by atoms with Crippen molar-refractivity contribution in [3.05, 3.63) is 71.8 Å². The Bertz CT molecular complexity index is 1080. The molecule has 1 unspecified atom stereocenters. The molecule has 1 heterocycles. The van der Waals surface area contributed by atoms with E-state index < -0.39 is 54.1 Å². The number of rotatable bonds is 9. The molecule has 0 radical (unpaired) electrons. The minimum absolute atomic E-state index is 0.0438. The quantitative estimate of drug-likeness (QED) is 0.337. The van der Waals surface area contributed by atoms with Crippen LogP contribution in [0.3, 0.4) is 0 Å². The van der Waals surface area contributed by atoms with Gasteiger partial charge in [0.25, 0.3) is 5.60 Å². The van der Waals surface area contributed by atoms with E-state index in [-0.39, 0.29) is 13.2 Å². The van der Waals surface area contributed by atoms with Gasteiger partial charge in [0.1, 0.15) is 19.8 Å². The van der Waals surface area contributed by atoms with E-state index in [2.05, 4.69) is 0 Å². The Hall–Kier alpha value is -3.60. The van der Waals surface area contributed by atoms with E-state index in [0.29, 0.717) is 19.3 Å². The number of halogens is 3. The molecule has 1 aliphatic rings. The molecular weight excluding hydrogens is 507 g/mol. The Kier molecular flexibility index (Phi) is 9.73. The van der Waals surface area contributed by atoms with E-state index in [9.17, 15) is 27.6 Å². The van der Waals surface area contributed by atoms with Gasteiger partial charge in [0, 0.05) is 19.6 Å². The summed E-state index contributed by atoms with van der Waals surface area (Å²) in [6.07, 6.45) is -4.53. The summed E-state index contributed by atoms with van der Waals surface area (Å²) in [6, 6.07) is 14.0. The van der Waals surface area contributed by atoms with Crippen LogP contribution >= 0.6 is 0 Å². The average Bonchev–Trinajstić information content (AvgIpc) is 2.90. The number of hydrogen-bond acceptors (Lipinski definition) is 7. The first-order valence-corrected chi connectivity index (χ1v) is 12.1. The lowest BCUT2D eigenvalue weighted by Crippen LogP contribution is -2.56. The van der Waals surface area contributed by atoms with Crippen molar-refractivity contribution in [2.45, 2.75) is 56.7 Å². The number of methoxy groups -OCH3 is 1. The first-order chi connectivity index (χ1) is 18.1. The van der Waals surface area contributed by atoms with Gasteiger partial charge in [-0.15, -0.1) is 0 Å². The summed E-state index contributed by atoms with van der Waals surface area (Å²) in [6.45, 7) is 0.516. The van der Waals surface area contributed by atoms with Crippen molar-refractivity contribution in [3.8, 4) is 0 Å². The van der Waals surface area contributed by atoms with Crippen molar-refractivity contribution in [3.63, 3.8) is 0 Å². The van der Waals surface area contributed by atoms with Gasteiger partial charge in [-0.25, -0.2) is 9.59 Å². The fraction of sp³-hybridized carbons (Fsp3) is 0.444. The van der Waals surface area contributed by atoms with Crippen molar-refractivity contribution < 1.29 is 46.5 Å². The first kappa shape index (κ1) is 29.0. The molecule has 8 nitrogen and oxygen atoms in total. The second-order valence-electron chi connectivity index (χ2n) is 8.84. The molecule has 0 aromatic heterocycles. The normalized spacial score (nSPS) is 19.2. The third kappa shape index (κ3) is 6.63. The third-order valence-corrected chi connectivity index (χ3v) is 6.34. The van der Waals surface area contributed by atoms with Crippen LogP contribution in [-0.2, 0) is 40.7 Å². The highest BCUT2D eigenvalue weighted by Crippen LogP contribution is 2.43. The van der Waals surface area contributed by atoms with E-state index in [1.807, 2.05) is 6.07 Å². The molecule has 0 saturated carbocycles. The number of hydrogen-bond donors (Lipinski definition) is 0. The third-order valence-electron chi connectivity index (χ3n) is 6.34. The molecule has 2 aromatic carbocycles. The van der Waals surface area contributed by atoms with Crippen LogP contribution in [-0.4, -0.2) is 61.5 Å². The average molecular weight is 538 g/mol. The van der Waals surface area contributed by atoms with Crippen LogP contribution in [0.2, 0.25) is 0 Å². The van der Waals surface area contributed by atoms with Gasteiger partial charge in [-0.1, -0.05) is 60.7 Å². The van der Waals surface area contributed by atoms with Gasteiger partial charge < -0.3 is 18.9 Å². The minimum atomic E-state index is -5.13. The number of alkyl halides is 3. The standard InChI is InChI=1S/C27H30F3NO7/c1-19(32)36-17-22-14-9-15-23(31(22)25(34)38-16-20-10-5-3-6-11-20)18-37-24(33)26(35-2,27(28,29)30)21-12-7-4-8-13-21/h3-8,10-13,22-23H,9,14-18H2,1-2H3/t22-,23+,26?/m1/s1. The maximum atomic E-state index is 14.2. The van der Waals surface area contributed by atoms with Gasteiger partial charge in [-0.05, 0) is 24.8 Å². The summed E-state index contributed by atoms with van der Waals surface area (Å²) < 4.78 is 63.2. The smallest absolute Gasteiger partial charge is 0.432 e. The fourth-order valence-electron chi connectivity index (χ4n) is 4.46. The van der Waals surface area contributed by atoms with Crippen molar-refractivity contribution in [1.82, 2.24) is 4.90 Å². The second kappa shape index (κ2) is 12.8. The molecule has 38 heavy (non-hydrogen) atoms. The topological polar surface area (TPSA) is 91.4 Å². The van der Waals surface area contributed by atoms with Crippen LogP contribution in [0.4, 0.5) is 18.0 Å². The molecule has 1 fully saturated rings. The zero-order valence-corrected chi connectivity index (χ0v) is 21.1. The molecule has 1 saturated heterocycles. The molecule has 3 atom stereocenters. The first-order valence-electron chi connectivity index (χ1n) is 12.1. The molecular formula is C27H30F3NO7. The van der Waals surface area contributed by atoms with E-state index in [1.54, 1.807) is 24.3 Å². The highest BCUT2D eigenvalue weighted by Gasteiger charge is 2.64. The van der Waals surface area contributed by atoms with Crippen LogP contribution in [0.1, 0.15) is 37.3 Å². The summed E-state index contributed by atoms with van der Waals surface area (Å²) >= 11 is 0. The van der Waals surface area contributed by atoms with Gasteiger partial charge in [-0.2, -0.15) is 13.2 Å². The Morgan fingerprint density at radius 1 is 0.868 bits per heavy atom. The van der Waals surface area contributed by atoms with Crippen molar-refractivity contribution in [2.75, 3.05) is 20.3 Å². The number of carbonyl (C=O) groups is 3. The molecule has 0 N–H and O–H groups in total. The number of esters is 2. The largest absolute Gasteiger partial charge is 0.464 e. The number of amides is 1. The molecule has 2 aromatic rings. The molecule has 3 rings (SSSR count). The summed E-state index contributed by atoms with van der Waals surface area (Å²) in [4.78, 5) is 38.8. The van der Waals surface area contributed by atoms with Crippen LogP contribution in [0, 0.1) is 0 Å². The molecule has 0 bridgehead atoms. The number of carbonyl (C=O) groups excluding carboxylic acids is 3. The molecule has 0 spiro atoms. The van der Waals surface area contributed by atoms with Crippen molar-refractivity contribution in [1.29, 1.82) is 0 Å². The summed E-state index contributed by atoms with van der Waals surface area (Å²) in [5.41, 5.74) is -3.05. The molecule has 1 amide bonds. The van der Waals surface area contributed by atoms with Gasteiger partial charge in [0.2, 0.25) is 0 Å². The van der Waals surface area contributed by atoms with E-state index in [4.69, 9.17) is 18.9 Å². The highest BCUT2D eigenvalue weighted by atomic mass is 19.4. The lowest BCUT2D eigenvalue weighted by atomic mass is 9.92. The van der Waals surface area contributed by atoms with Crippen LogP contribution in [0.25, 0.3) is 0 Å². The molecule has 1 aliphatic heterocycles. The lowest BCUT2D eigenvalue weighted by molar-refractivity contribution is -0.276. The second-order valence-corrected chi connectivity index (χ2v) is 8.84. The molecule has 206 valence electrons. The number of nitrogens with zero attached hydrogens (tertiary/aromatic N) is 1. The summed E-state index contributed by atoms with van der Waals surface area (Å²) in [5, 5.41) is 0. The Balaban J connectivity index is 1.81. The monoisotopic (exact) mass is 537 g/mol. The van der Waals surface area contributed by atoms with Gasteiger partial charge >= 0.3 is 24.2 Å². The number of likely N-dealkylation sites (tertiary alicyclic amines) is 1. The van der Waals surface area contributed by atoms with Crippen molar-refractivity contribution >= 4 is 18.0 Å².